The van der Waals surface area contributed by atoms with Crippen molar-refractivity contribution in [2.75, 3.05) is 0 Å². The number of halogens is 2. The minimum absolute atomic E-state index is 0. The zero-order valence-electron chi connectivity index (χ0n) is 20.8. The molecule has 0 saturated carbocycles. The van der Waals surface area contributed by atoms with Crippen LogP contribution in [0.2, 0.25) is 4.13 Å². The summed E-state index contributed by atoms with van der Waals surface area (Å²) in [6, 6.07) is 18.3. The van der Waals surface area contributed by atoms with Crippen LogP contribution in [0.3, 0.4) is 0 Å². The Balaban J connectivity index is 0.000000571. The van der Waals surface area contributed by atoms with E-state index in [1.54, 1.807) is 22.3 Å². The van der Waals surface area contributed by atoms with E-state index < -0.39 is 19.4 Å². The van der Waals surface area contributed by atoms with Crippen LogP contribution in [0.25, 0.3) is 12.2 Å². The number of hydrogen-bond acceptors (Lipinski definition) is 0. The van der Waals surface area contributed by atoms with Gasteiger partial charge >= 0.3 is 153 Å². The quantitative estimate of drug-likeness (QED) is 0.242. The molecule has 2 unspecified atom stereocenters. The molecule has 0 saturated heterocycles. The molecule has 0 bridgehead atoms. The van der Waals surface area contributed by atoms with Crippen molar-refractivity contribution in [1.29, 1.82) is 0 Å². The molecule has 2 aliphatic rings. The Morgan fingerprint density at radius 3 is 1.41 bits per heavy atom. The third-order valence-electron chi connectivity index (χ3n) is 7.33. The van der Waals surface area contributed by atoms with E-state index in [-0.39, 0.29) is 24.8 Å². The molecule has 0 nitrogen and oxygen atoms in total. The molecule has 176 valence electrons. The van der Waals surface area contributed by atoms with E-state index in [9.17, 15) is 0 Å². The Kier molecular flexibility index (Phi) is 12.5. The fourth-order valence-electron chi connectivity index (χ4n) is 5.78. The third-order valence-corrected chi connectivity index (χ3v) is 32.3. The number of unbranched alkanes of at least 4 members (excludes halogenated alkanes) is 3. The molecule has 0 spiro atoms. The van der Waals surface area contributed by atoms with Crippen molar-refractivity contribution in [1.82, 2.24) is 0 Å². The maximum atomic E-state index is 2.49. The van der Waals surface area contributed by atoms with Crippen molar-refractivity contribution >= 4 is 44.3 Å². The first kappa shape index (κ1) is 29.6. The van der Waals surface area contributed by atoms with Gasteiger partial charge in [0.15, 0.2) is 0 Å². The molecule has 0 aromatic heterocycles. The monoisotopic (exact) mass is 566 g/mol. The number of hydrogen-bond donors (Lipinski definition) is 0. The predicted octanol–water partition coefficient (Wildman–Crippen LogP) is 8.61. The fourth-order valence-corrected chi connectivity index (χ4v) is 28.0. The number of fused-ring (bicyclic) bond motifs is 2. The van der Waals surface area contributed by atoms with Crippen molar-refractivity contribution < 1.29 is 19.4 Å². The van der Waals surface area contributed by atoms with Crippen LogP contribution < -0.4 is 0 Å². The van der Waals surface area contributed by atoms with Gasteiger partial charge < -0.3 is 0 Å². The van der Waals surface area contributed by atoms with Gasteiger partial charge in [0.05, 0.1) is 0 Å². The van der Waals surface area contributed by atoms with Gasteiger partial charge in [0.25, 0.3) is 0 Å². The molecule has 2 aliphatic carbocycles. The van der Waals surface area contributed by atoms with Crippen molar-refractivity contribution in [2.45, 2.75) is 71.7 Å². The van der Waals surface area contributed by atoms with Crippen molar-refractivity contribution in [3.63, 3.8) is 0 Å². The molecule has 0 aliphatic heterocycles. The number of allylic oxidation sites excluding steroid dienone is 2. The average Bonchev–Trinajstić information content (AvgIpc) is 3.28. The van der Waals surface area contributed by atoms with Crippen LogP contribution >= 0.6 is 24.8 Å². The van der Waals surface area contributed by atoms with Crippen LogP contribution in [0.1, 0.15) is 89.8 Å². The van der Waals surface area contributed by atoms with E-state index in [1.165, 1.54) is 48.3 Å². The topological polar surface area (TPSA) is 0 Å². The van der Waals surface area contributed by atoms with Crippen LogP contribution in [0.15, 0.2) is 59.7 Å². The van der Waals surface area contributed by atoms with Gasteiger partial charge in [0.1, 0.15) is 0 Å². The standard InChI is InChI=1S/2C10H9.C6H14.C2H5.2ClH.H3Si.Zr/c2*1-8-6-9-4-2-3-5-10(9)7-8;1-3-5-6-4-2;1-2;;;;/h2*2-7H,1H3;3-6H2,1-2H3;1H2,2H3;2*1H;1H3;. The average molecular weight is 569 g/mol. The molecule has 2 atom stereocenters. The van der Waals surface area contributed by atoms with Gasteiger partial charge in [0, 0.05) is 0 Å². The Bertz CT molecular complexity index is 863. The van der Waals surface area contributed by atoms with Gasteiger partial charge in [-0.1, -0.05) is 39.5 Å². The minimum Gasteiger partial charge on any atom is -0.147 e. The predicted molar refractivity (Wildman–Crippen MR) is 150 cm³/mol. The second-order valence-electron chi connectivity index (χ2n) is 9.47. The van der Waals surface area contributed by atoms with Gasteiger partial charge in [-0.05, 0) is 0 Å². The van der Waals surface area contributed by atoms with E-state index in [4.69, 9.17) is 0 Å². The van der Waals surface area contributed by atoms with E-state index in [1.807, 2.05) is 0 Å². The summed E-state index contributed by atoms with van der Waals surface area (Å²) in [7, 11) is 1.40. The molecule has 2 aromatic rings. The van der Waals surface area contributed by atoms with Gasteiger partial charge in [-0.3, -0.25) is 0 Å². The summed E-state index contributed by atoms with van der Waals surface area (Å²) in [5.41, 5.74) is 9.53. The molecule has 0 heterocycles. The summed E-state index contributed by atoms with van der Waals surface area (Å²) in [5, 5.41) is 0. The van der Waals surface area contributed by atoms with Crippen molar-refractivity contribution in [2.24, 2.45) is 0 Å². The second-order valence-corrected chi connectivity index (χ2v) is 32.5. The van der Waals surface area contributed by atoms with Crippen LogP contribution in [0.5, 0.6) is 0 Å². The molecule has 0 N–H and O–H groups in total. The largest absolute Gasteiger partial charge is 0.147 e. The Morgan fingerprint density at radius 1 is 0.688 bits per heavy atom. The molecule has 0 fully saturated rings. The van der Waals surface area contributed by atoms with Gasteiger partial charge in [-0.25, -0.2) is 0 Å². The molecule has 0 amide bonds. The van der Waals surface area contributed by atoms with Crippen LogP contribution in [0.4, 0.5) is 0 Å². The van der Waals surface area contributed by atoms with Gasteiger partial charge in [-0.2, -0.15) is 0 Å². The summed E-state index contributed by atoms with van der Waals surface area (Å²) >= 11 is -2.41. The third kappa shape index (κ3) is 5.99. The summed E-state index contributed by atoms with van der Waals surface area (Å²) in [5.74, 6) is 0. The van der Waals surface area contributed by atoms with Crippen LogP contribution in [0, 0.1) is 0 Å². The first-order valence-electron chi connectivity index (χ1n) is 12.0. The smallest absolute Gasteiger partial charge is 0.147 e. The molecule has 4 rings (SSSR count). The molecule has 4 heteroatoms. The van der Waals surface area contributed by atoms with E-state index in [2.05, 4.69) is 95.3 Å². The molecule has 32 heavy (non-hydrogen) atoms. The number of rotatable bonds is 6. The fraction of sp³-hybridized carbons (Fsp3) is 0.429. The first-order chi connectivity index (χ1) is 14.5. The summed E-state index contributed by atoms with van der Waals surface area (Å²) in [6.45, 7) is 11.7. The molecule has 2 aromatic carbocycles. The molecular weight excluding hydrogens is 527 g/mol. The normalized spacial score (nSPS) is 19.8. The summed E-state index contributed by atoms with van der Waals surface area (Å²) < 4.78 is 2.98. The Labute approximate surface area is 216 Å². The Morgan fingerprint density at radius 2 is 1.06 bits per heavy atom. The van der Waals surface area contributed by atoms with Crippen molar-refractivity contribution in [3.05, 3.63) is 81.9 Å². The van der Waals surface area contributed by atoms with Gasteiger partial charge in [0.2, 0.25) is 0 Å². The first-order valence-corrected chi connectivity index (χ1v) is 25.0. The SMILES string of the molecule is CCCCCC.C[CH2][Zr]([SiH3])([CH]1C(C)=Cc2ccccc21)[CH]1C(C)=Cc2ccccc21.Cl.Cl. The second kappa shape index (κ2) is 13.5. The van der Waals surface area contributed by atoms with E-state index >= 15 is 0 Å². The van der Waals surface area contributed by atoms with Crippen LogP contribution in [-0.4, -0.2) is 7.37 Å². The zero-order chi connectivity index (χ0) is 21.7. The molecule has 0 radical (unpaired) electrons. The van der Waals surface area contributed by atoms with E-state index in [0.717, 1.165) is 7.25 Å². The van der Waals surface area contributed by atoms with Crippen molar-refractivity contribution in [3.8, 4) is 0 Å². The zero-order valence-corrected chi connectivity index (χ0v) is 26.9. The summed E-state index contributed by atoms with van der Waals surface area (Å²) in [4.78, 5) is 0. The number of benzene rings is 2. The Hall–Kier alpha value is -0.400. The van der Waals surface area contributed by atoms with Gasteiger partial charge in [-0.15, -0.1) is 24.8 Å². The van der Waals surface area contributed by atoms with E-state index in [0.29, 0.717) is 0 Å². The summed E-state index contributed by atoms with van der Waals surface area (Å²) in [6.07, 6.45) is 10.5. The minimum atomic E-state index is -2.41. The maximum absolute atomic E-state index is 2.49. The van der Waals surface area contributed by atoms with Crippen LogP contribution in [-0.2, 0) is 19.4 Å². The molecular formula is C28H42Cl2SiZr. The maximum Gasteiger partial charge on any atom is -0.147 e.